The van der Waals surface area contributed by atoms with Crippen LogP contribution in [-0.4, -0.2) is 12.5 Å². The van der Waals surface area contributed by atoms with Crippen molar-refractivity contribution in [2.45, 2.75) is 6.42 Å². The van der Waals surface area contributed by atoms with Crippen LogP contribution in [0, 0.1) is 5.82 Å². The predicted molar refractivity (Wildman–Crippen MR) is 74.6 cm³/mol. The number of carbonyl (C=O) groups excluding carboxylic acids is 1. The Kier molecular flexibility index (Phi) is 4.50. The molecule has 0 fully saturated rings. The third-order valence-electron chi connectivity index (χ3n) is 2.60. The van der Waals surface area contributed by atoms with Crippen molar-refractivity contribution in [3.63, 3.8) is 0 Å². The Bertz CT molecular complexity index is 543. The molecule has 0 aliphatic carbocycles. The van der Waals surface area contributed by atoms with Crippen LogP contribution in [0.25, 0.3) is 0 Å². The molecule has 0 heterocycles. The molecule has 0 saturated heterocycles. The van der Waals surface area contributed by atoms with E-state index < -0.39 is 5.82 Å². The van der Waals surface area contributed by atoms with Gasteiger partial charge >= 0.3 is 0 Å². The first-order chi connectivity index (χ1) is 9.25. The van der Waals surface area contributed by atoms with Gasteiger partial charge in [0.1, 0.15) is 5.82 Å². The van der Waals surface area contributed by atoms with Gasteiger partial charge in [0.2, 0.25) is 5.91 Å². The van der Waals surface area contributed by atoms with E-state index in [9.17, 15) is 9.18 Å². The molecule has 0 unspecified atom stereocenters. The Labute approximate surface area is 111 Å². The maximum Gasteiger partial charge on any atom is 0.226 e. The minimum Gasteiger partial charge on any atom is -0.385 e. The van der Waals surface area contributed by atoms with Gasteiger partial charge < -0.3 is 10.6 Å². The molecule has 0 saturated carbocycles. The van der Waals surface area contributed by atoms with Crippen LogP contribution >= 0.6 is 0 Å². The van der Waals surface area contributed by atoms with Gasteiger partial charge in [-0.3, -0.25) is 4.79 Å². The van der Waals surface area contributed by atoms with Crippen molar-refractivity contribution in [3.8, 4) is 0 Å². The average molecular weight is 258 g/mol. The average Bonchev–Trinajstić information content (AvgIpc) is 2.43. The number of hydrogen-bond acceptors (Lipinski definition) is 2. The highest BCUT2D eigenvalue weighted by atomic mass is 19.1. The van der Waals surface area contributed by atoms with Crippen molar-refractivity contribution in [2.24, 2.45) is 0 Å². The van der Waals surface area contributed by atoms with E-state index in [4.69, 9.17) is 0 Å². The molecule has 0 aromatic heterocycles. The number of para-hydroxylation sites is 2. The van der Waals surface area contributed by atoms with E-state index in [0.29, 0.717) is 6.54 Å². The predicted octanol–water partition coefficient (Wildman–Crippen LogP) is 3.27. The number of amides is 1. The maximum absolute atomic E-state index is 13.3. The minimum atomic E-state index is -0.424. The maximum atomic E-state index is 13.3. The van der Waals surface area contributed by atoms with Gasteiger partial charge in [0.25, 0.3) is 0 Å². The minimum absolute atomic E-state index is 0.214. The Morgan fingerprint density at radius 3 is 2.42 bits per heavy atom. The van der Waals surface area contributed by atoms with E-state index >= 15 is 0 Å². The van der Waals surface area contributed by atoms with Gasteiger partial charge in [0, 0.05) is 18.7 Å². The van der Waals surface area contributed by atoms with Crippen molar-refractivity contribution in [1.82, 2.24) is 0 Å². The molecule has 0 radical (unpaired) electrons. The quantitative estimate of drug-likeness (QED) is 0.864. The highest BCUT2D eigenvalue weighted by Crippen LogP contribution is 2.12. The zero-order valence-electron chi connectivity index (χ0n) is 10.4. The second kappa shape index (κ2) is 6.54. The van der Waals surface area contributed by atoms with Gasteiger partial charge in [0.05, 0.1) is 5.69 Å². The molecule has 2 N–H and O–H groups in total. The monoisotopic (exact) mass is 258 g/mol. The third-order valence-corrected chi connectivity index (χ3v) is 2.60. The highest BCUT2D eigenvalue weighted by molar-refractivity contribution is 5.91. The topological polar surface area (TPSA) is 41.1 Å². The molecule has 2 rings (SSSR count). The molecular weight excluding hydrogens is 243 g/mol. The molecule has 3 nitrogen and oxygen atoms in total. The summed E-state index contributed by atoms with van der Waals surface area (Å²) < 4.78 is 13.3. The summed E-state index contributed by atoms with van der Waals surface area (Å²) in [5.41, 5.74) is 1.17. The molecule has 0 spiro atoms. The van der Waals surface area contributed by atoms with Crippen LogP contribution in [0.2, 0.25) is 0 Å². The summed E-state index contributed by atoms with van der Waals surface area (Å²) in [6, 6.07) is 15.7. The number of anilines is 2. The van der Waals surface area contributed by atoms with Gasteiger partial charge in [-0.15, -0.1) is 0 Å². The van der Waals surface area contributed by atoms with E-state index in [-0.39, 0.29) is 18.0 Å². The fourth-order valence-electron chi connectivity index (χ4n) is 1.65. The summed E-state index contributed by atoms with van der Waals surface area (Å²) in [5, 5.41) is 5.66. The molecule has 2 aromatic carbocycles. The van der Waals surface area contributed by atoms with E-state index in [1.165, 1.54) is 12.1 Å². The number of nitrogens with one attached hydrogen (secondary N) is 2. The molecule has 0 aliphatic heterocycles. The fraction of sp³-hybridized carbons (Fsp3) is 0.133. The Balaban J connectivity index is 1.78. The van der Waals surface area contributed by atoms with Gasteiger partial charge in [0.15, 0.2) is 0 Å². The smallest absolute Gasteiger partial charge is 0.226 e. The van der Waals surface area contributed by atoms with Crippen LogP contribution in [0.3, 0.4) is 0 Å². The van der Waals surface area contributed by atoms with Crippen molar-refractivity contribution >= 4 is 17.3 Å². The van der Waals surface area contributed by atoms with Gasteiger partial charge in [-0.05, 0) is 24.3 Å². The van der Waals surface area contributed by atoms with E-state index in [0.717, 1.165) is 5.69 Å². The molecule has 0 atom stereocenters. The van der Waals surface area contributed by atoms with E-state index in [1.54, 1.807) is 12.1 Å². The van der Waals surface area contributed by atoms with Crippen molar-refractivity contribution < 1.29 is 9.18 Å². The first-order valence-electron chi connectivity index (χ1n) is 6.09. The summed E-state index contributed by atoms with van der Waals surface area (Å²) in [5.74, 6) is -0.639. The number of hydrogen-bond donors (Lipinski definition) is 2. The molecule has 98 valence electrons. The summed E-state index contributed by atoms with van der Waals surface area (Å²) >= 11 is 0. The lowest BCUT2D eigenvalue weighted by molar-refractivity contribution is -0.116. The van der Waals surface area contributed by atoms with Crippen LogP contribution in [0.4, 0.5) is 15.8 Å². The summed E-state index contributed by atoms with van der Waals surface area (Å²) in [7, 11) is 0. The standard InChI is InChI=1S/C15H15FN2O/c16-13-8-4-5-9-14(13)18-15(19)10-11-17-12-6-2-1-3-7-12/h1-9,17H,10-11H2,(H,18,19). The van der Waals surface area contributed by atoms with Crippen LogP contribution in [0.15, 0.2) is 54.6 Å². The normalized spacial score (nSPS) is 9.95. The second-order valence-electron chi connectivity index (χ2n) is 4.07. The fourth-order valence-corrected chi connectivity index (χ4v) is 1.65. The Morgan fingerprint density at radius 2 is 1.68 bits per heavy atom. The molecule has 1 amide bonds. The lowest BCUT2D eigenvalue weighted by atomic mass is 10.3. The van der Waals surface area contributed by atoms with Gasteiger partial charge in [-0.2, -0.15) is 0 Å². The Morgan fingerprint density at radius 1 is 1.00 bits per heavy atom. The van der Waals surface area contributed by atoms with Gasteiger partial charge in [-0.1, -0.05) is 30.3 Å². The zero-order valence-corrected chi connectivity index (χ0v) is 10.4. The number of rotatable bonds is 5. The number of carbonyl (C=O) groups is 1. The van der Waals surface area contributed by atoms with Gasteiger partial charge in [-0.25, -0.2) is 4.39 Å². The van der Waals surface area contributed by atoms with Crippen LogP contribution in [0.1, 0.15) is 6.42 Å². The lowest BCUT2D eigenvalue weighted by Gasteiger charge is -2.07. The van der Waals surface area contributed by atoms with Crippen molar-refractivity contribution in [2.75, 3.05) is 17.2 Å². The first kappa shape index (κ1) is 13.1. The molecule has 2 aromatic rings. The summed E-state index contributed by atoms with van der Waals surface area (Å²) in [6.07, 6.45) is 0.281. The molecule has 4 heteroatoms. The molecule has 19 heavy (non-hydrogen) atoms. The van der Waals surface area contributed by atoms with Crippen LogP contribution < -0.4 is 10.6 Å². The van der Waals surface area contributed by atoms with Crippen LogP contribution in [-0.2, 0) is 4.79 Å². The van der Waals surface area contributed by atoms with Crippen LogP contribution in [0.5, 0.6) is 0 Å². The van der Waals surface area contributed by atoms with Crippen molar-refractivity contribution in [1.29, 1.82) is 0 Å². The Hall–Kier alpha value is -2.36. The SMILES string of the molecule is O=C(CCNc1ccccc1)Nc1ccccc1F. The second-order valence-corrected chi connectivity index (χ2v) is 4.07. The number of benzene rings is 2. The summed E-state index contributed by atoms with van der Waals surface area (Å²) in [6.45, 7) is 0.504. The molecule has 0 aliphatic rings. The van der Waals surface area contributed by atoms with E-state index in [1.807, 2.05) is 30.3 Å². The zero-order chi connectivity index (χ0) is 13.5. The van der Waals surface area contributed by atoms with E-state index in [2.05, 4.69) is 10.6 Å². The molecule has 0 bridgehead atoms. The largest absolute Gasteiger partial charge is 0.385 e. The summed E-state index contributed by atoms with van der Waals surface area (Å²) in [4.78, 5) is 11.6. The third kappa shape index (κ3) is 4.10. The van der Waals surface area contributed by atoms with Crippen molar-refractivity contribution in [3.05, 3.63) is 60.4 Å². The lowest BCUT2D eigenvalue weighted by Crippen LogP contribution is -2.16. The highest BCUT2D eigenvalue weighted by Gasteiger charge is 2.05. The number of halogens is 1. The molecular formula is C15H15FN2O. The first-order valence-corrected chi connectivity index (χ1v) is 6.09.